The van der Waals surface area contributed by atoms with E-state index in [4.69, 9.17) is 9.47 Å². The Labute approximate surface area is 122 Å². The molecule has 4 nitrogen and oxygen atoms in total. The minimum atomic E-state index is 0.417. The molecule has 1 unspecified atom stereocenters. The molecule has 0 fully saturated rings. The smallest absolute Gasteiger partial charge is 0.127 e. The molecule has 1 atom stereocenters. The van der Waals surface area contributed by atoms with E-state index in [1.54, 1.807) is 14.2 Å². The fourth-order valence-corrected chi connectivity index (χ4v) is 1.94. The van der Waals surface area contributed by atoms with Crippen LogP contribution >= 0.6 is 0 Å². The second-order valence-corrected chi connectivity index (χ2v) is 5.51. The summed E-state index contributed by atoms with van der Waals surface area (Å²) < 4.78 is 10.6. The lowest BCUT2D eigenvalue weighted by molar-refractivity contribution is 0.388. The first kappa shape index (κ1) is 16.8. The summed E-state index contributed by atoms with van der Waals surface area (Å²) in [6, 6.07) is 6.33. The number of methoxy groups -OCH3 is 2. The number of rotatable bonds is 9. The lowest BCUT2D eigenvalue weighted by Crippen LogP contribution is -2.37. The van der Waals surface area contributed by atoms with Crippen molar-refractivity contribution in [2.75, 3.05) is 27.3 Å². The van der Waals surface area contributed by atoms with Gasteiger partial charge in [-0.25, -0.2) is 0 Å². The highest BCUT2D eigenvalue weighted by Crippen LogP contribution is 2.24. The van der Waals surface area contributed by atoms with Crippen LogP contribution in [0.3, 0.4) is 0 Å². The monoisotopic (exact) mass is 280 g/mol. The minimum Gasteiger partial charge on any atom is -0.497 e. The van der Waals surface area contributed by atoms with E-state index in [-0.39, 0.29) is 0 Å². The molecule has 1 rings (SSSR count). The van der Waals surface area contributed by atoms with Gasteiger partial charge in [0.2, 0.25) is 0 Å². The molecule has 0 saturated heterocycles. The van der Waals surface area contributed by atoms with Gasteiger partial charge in [-0.1, -0.05) is 19.9 Å². The van der Waals surface area contributed by atoms with Crippen LogP contribution in [-0.4, -0.2) is 33.4 Å². The van der Waals surface area contributed by atoms with E-state index in [0.717, 1.165) is 36.7 Å². The van der Waals surface area contributed by atoms with Gasteiger partial charge in [-0.2, -0.15) is 0 Å². The Morgan fingerprint density at radius 2 is 1.80 bits per heavy atom. The van der Waals surface area contributed by atoms with Crippen molar-refractivity contribution in [3.05, 3.63) is 23.8 Å². The van der Waals surface area contributed by atoms with Gasteiger partial charge >= 0.3 is 0 Å². The summed E-state index contributed by atoms with van der Waals surface area (Å²) in [4.78, 5) is 0. The Balaban J connectivity index is 2.44. The Bertz CT molecular complexity index is 394. The predicted molar refractivity (Wildman–Crippen MR) is 83.6 cm³/mol. The molecule has 0 radical (unpaired) electrons. The molecule has 0 amide bonds. The van der Waals surface area contributed by atoms with Crippen molar-refractivity contribution in [1.82, 2.24) is 10.6 Å². The molecule has 0 spiro atoms. The highest BCUT2D eigenvalue weighted by Gasteiger charge is 2.07. The zero-order chi connectivity index (χ0) is 15.0. The fraction of sp³-hybridized carbons (Fsp3) is 0.625. The highest BCUT2D eigenvalue weighted by molar-refractivity contribution is 5.40. The molecule has 0 aromatic heterocycles. The fourth-order valence-electron chi connectivity index (χ4n) is 1.94. The van der Waals surface area contributed by atoms with Crippen LogP contribution in [0.1, 0.15) is 26.3 Å². The maximum Gasteiger partial charge on any atom is 0.127 e. The molecule has 0 saturated carbocycles. The summed E-state index contributed by atoms with van der Waals surface area (Å²) >= 11 is 0. The Morgan fingerprint density at radius 3 is 2.40 bits per heavy atom. The molecule has 4 heteroatoms. The van der Waals surface area contributed by atoms with Gasteiger partial charge in [0.25, 0.3) is 0 Å². The normalized spacial score (nSPS) is 12.5. The third-order valence-corrected chi connectivity index (χ3v) is 3.14. The number of nitrogens with one attached hydrogen (secondary N) is 2. The van der Waals surface area contributed by atoms with Gasteiger partial charge < -0.3 is 20.1 Å². The van der Waals surface area contributed by atoms with E-state index in [1.807, 2.05) is 18.2 Å². The first-order valence-electron chi connectivity index (χ1n) is 7.21. The molecule has 0 aliphatic heterocycles. The number of hydrogen-bond acceptors (Lipinski definition) is 4. The van der Waals surface area contributed by atoms with E-state index in [2.05, 4.69) is 31.4 Å². The lowest BCUT2D eigenvalue weighted by atomic mass is 10.1. The molecule has 0 heterocycles. The largest absolute Gasteiger partial charge is 0.497 e. The maximum atomic E-state index is 5.40. The van der Waals surface area contributed by atoms with Crippen LogP contribution < -0.4 is 20.1 Å². The van der Waals surface area contributed by atoms with E-state index in [1.165, 1.54) is 0 Å². The van der Waals surface area contributed by atoms with Crippen molar-refractivity contribution in [3.63, 3.8) is 0 Å². The van der Waals surface area contributed by atoms with Crippen molar-refractivity contribution >= 4 is 0 Å². The van der Waals surface area contributed by atoms with E-state index in [0.29, 0.717) is 12.0 Å². The molecule has 1 aromatic rings. The summed E-state index contributed by atoms with van der Waals surface area (Å²) in [5.41, 5.74) is 1.14. The summed E-state index contributed by atoms with van der Waals surface area (Å²) in [5.74, 6) is 2.36. The molecule has 2 N–H and O–H groups in total. The van der Waals surface area contributed by atoms with Crippen LogP contribution in [0, 0.1) is 5.92 Å². The quantitative estimate of drug-likeness (QED) is 0.729. The van der Waals surface area contributed by atoms with Crippen molar-refractivity contribution in [1.29, 1.82) is 0 Å². The third-order valence-electron chi connectivity index (χ3n) is 3.14. The van der Waals surface area contributed by atoms with Crippen LogP contribution in [0.2, 0.25) is 0 Å². The molecule has 0 bridgehead atoms. The van der Waals surface area contributed by atoms with E-state index >= 15 is 0 Å². The van der Waals surface area contributed by atoms with Crippen LogP contribution in [0.25, 0.3) is 0 Å². The summed E-state index contributed by atoms with van der Waals surface area (Å²) in [6.45, 7) is 9.43. The van der Waals surface area contributed by atoms with Crippen molar-refractivity contribution in [2.24, 2.45) is 5.92 Å². The first-order valence-corrected chi connectivity index (χ1v) is 7.21. The number of ether oxygens (including phenoxy) is 2. The third kappa shape index (κ3) is 5.80. The average molecular weight is 280 g/mol. The van der Waals surface area contributed by atoms with E-state index < -0.39 is 0 Å². The average Bonchev–Trinajstić information content (AvgIpc) is 2.44. The Kier molecular flexibility index (Phi) is 7.41. The maximum absolute atomic E-state index is 5.40. The molecular weight excluding hydrogens is 252 g/mol. The lowest BCUT2D eigenvalue weighted by Gasteiger charge is -2.17. The second kappa shape index (κ2) is 8.82. The van der Waals surface area contributed by atoms with Crippen molar-refractivity contribution in [2.45, 2.75) is 33.4 Å². The molecule has 114 valence electrons. The number of hydrogen-bond donors (Lipinski definition) is 2. The Morgan fingerprint density at radius 1 is 1.05 bits per heavy atom. The Hall–Kier alpha value is -1.26. The minimum absolute atomic E-state index is 0.417. The van der Waals surface area contributed by atoms with Crippen molar-refractivity contribution in [3.8, 4) is 11.5 Å². The summed E-state index contributed by atoms with van der Waals surface area (Å²) in [5, 5.41) is 6.96. The van der Waals surface area contributed by atoms with Crippen LogP contribution in [-0.2, 0) is 6.54 Å². The van der Waals surface area contributed by atoms with Gasteiger partial charge in [0.05, 0.1) is 14.2 Å². The molecule has 20 heavy (non-hydrogen) atoms. The van der Waals surface area contributed by atoms with Gasteiger partial charge in [0, 0.05) is 30.8 Å². The van der Waals surface area contributed by atoms with Gasteiger partial charge in [-0.15, -0.1) is 0 Å². The van der Waals surface area contributed by atoms with Crippen LogP contribution in [0.15, 0.2) is 18.2 Å². The van der Waals surface area contributed by atoms with Crippen LogP contribution in [0.4, 0.5) is 0 Å². The van der Waals surface area contributed by atoms with Crippen LogP contribution in [0.5, 0.6) is 11.5 Å². The standard InChI is InChI=1S/C16H28N2O2/c1-12(2)9-17-10-13(3)18-11-14-6-7-15(19-4)8-16(14)20-5/h6-8,12-13,17-18H,9-11H2,1-5H3. The molecule has 0 aliphatic carbocycles. The molecular formula is C16H28N2O2. The van der Waals surface area contributed by atoms with Gasteiger partial charge in [-0.05, 0) is 25.5 Å². The first-order chi connectivity index (χ1) is 9.56. The predicted octanol–water partition coefficient (Wildman–Crippen LogP) is 2.43. The van der Waals surface area contributed by atoms with Gasteiger partial charge in [0.15, 0.2) is 0 Å². The topological polar surface area (TPSA) is 42.5 Å². The SMILES string of the molecule is COc1ccc(CNC(C)CNCC(C)C)c(OC)c1. The molecule has 1 aromatic carbocycles. The van der Waals surface area contributed by atoms with E-state index in [9.17, 15) is 0 Å². The highest BCUT2D eigenvalue weighted by atomic mass is 16.5. The van der Waals surface area contributed by atoms with Gasteiger partial charge in [0.1, 0.15) is 11.5 Å². The number of benzene rings is 1. The van der Waals surface area contributed by atoms with Crippen molar-refractivity contribution < 1.29 is 9.47 Å². The summed E-state index contributed by atoms with van der Waals surface area (Å²) in [7, 11) is 3.35. The second-order valence-electron chi connectivity index (χ2n) is 5.51. The zero-order valence-electron chi connectivity index (χ0n) is 13.3. The van der Waals surface area contributed by atoms with Gasteiger partial charge in [-0.3, -0.25) is 0 Å². The summed E-state index contributed by atoms with van der Waals surface area (Å²) in [6.07, 6.45) is 0. The molecule has 0 aliphatic rings. The zero-order valence-corrected chi connectivity index (χ0v) is 13.3.